The second kappa shape index (κ2) is 5.24. The number of rotatable bonds is 1. The van der Waals surface area contributed by atoms with Gasteiger partial charge in [-0.15, -0.1) is 0 Å². The molecule has 4 nitrogen and oxygen atoms in total. The Morgan fingerprint density at radius 1 is 1.32 bits per heavy atom. The fourth-order valence-electron chi connectivity index (χ4n) is 1.80. The van der Waals surface area contributed by atoms with Crippen molar-refractivity contribution >= 4 is 23.3 Å². The zero-order valence-corrected chi connectivity index (χ0v) is 10.6. The largest absolute Gasteiger partial charge is 0.416 e. The van der Waals surface area contributed by atoms with Crippen molar-refractivity contribution in [1.29, 1.82) is 0 Å². The van der Waals surface area contributed by atoms with Gasteiger partial charge in [0, 0.05) is 26.1 Å². The van der Waals surface area contributed by atoms with E-state index in [0.29, 0.717) is 19.6 Å². The number of carbonyl (C=O) groups is 1. The summed E-state index contributed by atoms with van der Waals surface area (Å²) in [6.45, 7) is 1.08. The SMILES string of the molecule is O=C1CCN(c2cc(C(F)(F)F)cc(Cl)n2)CCN1. The summed E-state index contributed by atoms with van der Waals surface area (Å²) < 4.78 is 38.1. The Kier molecular flexibility index (Phi) is 3.84. The van der Waals surface area contributed by atoms with Crippen molar-refractivity contribution in [2.75, 3.05) is 24.5 Å². The van der Waals surface area contributed by atoms with Gasteiger partial charge in [-0.25, -0.2) is 4.98 Å². The van der Waals surface area contributed by atoms with Gasteiger partial charge < -0.3 is 10.2 Å². The number of pyridine rings is 1. The maximum Gasteiger partial charge on any atom is 0.416 e. The minimum Gasteiger partial charge on any atom is -0.354 e. The van der Waals surface area contributed by atoms with Crippen molar-refractivity contribution < 1.29 is 18.0 Å². The van der Waals surface area contributed by atoms with Crippen LogP contribution < -0.4 is 10.2 Å². The van der Waals surface area contributed by atoms with Crippen LogP contribution in [0.2, 0.25) is 5.15 Å². The van der Waals surface area contributed by atoms with Gasteiger partial charge >= 0.3 is 6.18 Å². The maximum absolute atomic E-state index is 12.7. The van der Waals surface area contributed by atoms with Crippen LogP contribution in [0.4, 0.5) is 19.0 Å². The Hall–Kier alpha value is -1.50. The normalized spacial score (nSPS) is 17.1. The molecule has 2 heterocycles. The Labute approximate surface area is 112 Å². The van der Waals surface area contributed by atoms with Gasteiger partial charge in [-0.05, 0) is 12.1 Å². The number of aromatic nitrogens is 1. The van der Waals surface area contributed by atoms with Crippen molar-refractivity contribution in [3.8, 4) is 0 Å². The number of carbonyl (C=O) groups excluding carboxylic acids is 1. The number of amides is 1. The van der Waals surface area contributed by atoms with Gasteiger partial charge in [-0.2, -0.15) is 13.2 Å². The van der Waals surface area contributed by atoms with E-state index >= 15 is 0 Å². The lowest BCUT2D eigenvalue weighted by Crippen LogP contribution is -2.29. The van der Waals surface area contributed by atoms with Crippen LogP contribution in [0.1, 0.15) is 12.0 Å². The van der Waals surface area contributed by atoms with Crippen LogP contribution in [0.3, 0.4) is 0 Å². The molecule has 1 saturated heterocycles. The zero-order valence-electron chi connectivity index (χ0n) is 9.80. The summed E-state index contributed by atoms with van der Waals surface area (Å²) in [7, 11) is 0. The lowest BCUT2D eigenvalue weighted by molar-refractivity contribution is -0.137. The molecule has 8 heteroatoms. The smallest absolute Gasteiger partial charge is 0.354 e. The average Bonchev–Trinajstić information content (AvgIpc) is 2.52. The molecule has 1 fully saturated rings. The van der Waals surface area contributed by atoms with Gasteiger partial charge in [-0.3, -0.25) is 4.79 Å². The Morgan fingerprint density at radius 2 is 2.05 bits per heavy atom. The molecule has 1 aromatic heterocycles. The highest BCUT2D eigenvalue weighted by Gasteiger charge is 2.32. The predicted octanol–water partition coefficient (Wildman–Crippen LogP) is 2.08. The van der Waals surface area contributed by atoms with Crippen LogP contribution in [-0.4, -0.2) is 30.5 Å². The highest BCUT2D eigenvalue weighted by Crippen LogP contribution is 2.32. The number of halogens is 4. The number of hydrogen-bond donors (Lipinski definition) is 1. The molecule has 1 N–H and O–H groups in total. The third-order valence-electron chi connectivity index (χ3n) is 2.74. The summed E-state index contributed by atoms with van der Waals surface area (Å²) in [6.07, 6.45) is -4.25. The molecule has 0 saturated carbocycles. The van der Waals surface area contributed by atoms with Gasteiger partial charge in [0.15, 0.2) is 0 Å². The minimum atomic E-state index is -4.47. The Bertz CT molecular complexity index is 493. The average molecular weight is 294 g/mol. The van der Waals surface area contributed by atoms with E-state index in [1.54, 1.807) is 4.90 Å². The standard InChI is InChI=1S/C11H11ClF3N3O/c12-8-5-7(11(13,14)15)6-9(17-8)18-3-1-10(19)16-2-4-18/h5-6H,1-4H2,(H,16,19). The first-order valence-electron chi connectivity index (χ1n) is 5.63. The van der Waals surface area contributed by atoms with E-state index in [1.165, 1.54) is 0 Å². The lowest BCUT2D eigenvalue weighted by atomic mass is 10.2. The van der Waals surface area contributed by atoms with Crippen LogP contribution in [0, 0.1) is 0 Å². The van der Waals surface area contributed by atoms with E-state index in [1.807, 2.05) is 0 Å². The number of hydrogen-bond acceptors (Lipinski definition) is 3. The Morgan fingerprint density at radius 3 is 2.74 bits per heavy atom. The highest BCUT2D eigenvalue weighted by atomic mass is 35.5. The second-order valence-corrected chi connectivity index (χ2v) is 4.51. The lowest BCUT2D eigenvalue weighted by Gasteiger charge is -2.21. The molecular formula is C11H11ClF3N3O. The van der Waals surface area contributed by atoms with Crippen LogP contribution in [0.25, 0.3) is 0 Å². The molecule has 1 aliphatic rings. The number of alkyl halides is 3. The van der Waals surface area contributed by atoms with Crippen LogP contribution in [-0.2, 0) is 11.0 Å². The van der Waals surface area contributed by atoms with E-state index in [-0.39, 0.29) is 23.3 Å². The van der Waals surface area contributed by atoms with Crippen molar-refractivity contribution in [2.24, 2.45) is 0 Å². The van der Waals surface area contributed by atoms with Crippen LogP contribution in [0.5, 0.6) is 0 Å². The van der Waals surface area contributed by atoms with Crippen molar-refractivity contribution in [1.82, 2.24) is 10.3 Å². The van der Waals surface area contributed by atoms with Gasteiger partial charge in [0.25, 0.3) is 0 Å². The summed E-state index contributed by atoms with van der Waals surface area (Å²) in [6, 6.07) is 1.73. The molecule has 1 amide bonds. The molecule has 0 radical (unpaired) electrons. The maximum atomic E-state index is 12.7. The quantitative estimate of drug-likeness (QED) is 0.806. The summed E-state index contributed by atoms with van der Waals surface area (Å²) >= 11 is 5.62. The molecule has 0 unspecified atom stereocenters. The first kappa shape index (κ1) is 13.9. The van der Waals surface area contributed by atoms with E-state index < -0.39 is 11.7 Å². The molecule has 19 heavy (non-hydrogen) atoms. The summed E-state index contributed by atoms with van der Waals surface area (Å²) in [5.74, 6) is 0.0110. The third kappa shape index (κ3) is 3.50. The summed E-state index contributed by atoms with van der Waals surface area (Å²) in [5.41, 5.74) is -0.842. The number of nitrogens with one attached hydrogen (secondary N) is 1. The van der Waals surface area contributed by atoms with Gasteiger partial charge in [0.1, 0.15) is 11.0 Å². The molecule has 0 atom stereocenters. The van der Waals surface area contributed by atoms with Gasteiger partial charge in [0.2, 0.25) is 5.91 Å². The van der Waals surface area contributed by atoms with E-state index in [0.717, 1.165) is 12.1 Å². The van der Waals surface area contributed by atoms with Crippen LogP contribution >= 0.6 is 11.6 Å². The molecule has 0 aliphatic carbocycles. The fourth-order valence-corrected chi connectivity index (χ4v) is 2.01. The molecule has 0 bridgehead atoms. The number of anilines is 1. The predicted molar refractivity (Wildman–Crippen MR) is 64.1 cm³/mol. The van der Waals surface area contributed by atoms with Crippen molar-refractivity contribution in [2.45, 2.75) is 12.6 Å². The van der Waals surface area contributed by atoms with Crippen molar-refractivity contribution in [3.05, 3.63) is 22.8 Å². The first-order chi connectivity index (χ1) is 8.86. The molecular weight excluding hydrogens is 283 g/mol. The van der Waals surface area contributed by atoms with Gasteiger partial charge in [-0.1, -0.05) is 11.6 Å². The van der Waals surface area contributed by atoms with E-state index in [2.05, 4.69) is 10.3 Å². The first-order valence-corrected chi connectivity index (χ1v) is 6.00. The molecule has 0 spiro atoms. The Balaban J connectivity index is 2.29. The second-order valence-electron chi connectivity index (χ2n) is 4.12. The molecule has 1 aliphatic heterocycles. The molecule has 104 valence electrons. The highest BCUT2D eigenvalue weighted by molar-refractivity contribution is 6.29. The molecule has 0 aromatic carbocycles. The zero-order chi connectivity index (χ0) is 14.0. The fraction of sp³-hybridized carbons (Fsp3) is 0.455. The number of nitrogens with zero attached hydrogens (tertiary/aromatic N) is 2. The summed E-state index contributed by atoms with van der Waals surface area (Å²) in [4.78, 5) is 16.7. The van der Waals surface area contributed by atoms with Crippen LogP contribution in [0.15, 0.2) is 12.1 Å². The van der Waals surface area contributed by atoms with E-state index in [4.69, 9.17) is 11.6 Å². The topological polar surface area (TPSA) is 45.2 Å². The molecule has 2 rings (SSSR count). The summed E-state index contributed by atoms with van der Waals surface area (Å²) in [5, 5.41) is 2.43. The minimum absolute atomic E-state index is 0.124. The van der Waals surface area contributed by atoms with E-state index in [9.17, 15) is 18.0 Å². The van der Waals surface area contributed by atoms with Gasteiger partial charge in [0.05, 0.1) is 5.56 Å². The van der Waals surface area contributed by atoms with Crippen molar-refractivity contribution in [3.63, 3.8) is 0 Å². The monoisotopic (exact) mass is 293 g/mol. The molecule has 1 aromatic rings. The third-order valence-corrected chi connectivity index (χ3v) is 2.94.